The Bertz CT molecular complexity index is 487. The number of alkyl halides is 3. The molecular formula is C9H12F3N5O3. The van der Waals surface area contributed by atoms with E-state index in [1.807, 2.05) is 0 Å². The number of carboxylic acid groups (broad SMARTS) is 1. The van der Waals surface area contributed by atoms with E-state index < -0.39 is 31.3 Å². The first-order valence-corrected chi connectivity index (χ1v) is 5.33. The average molecular weight is 295 g/mol. The lowest BCUT2D eigenvalue weighted by molar-refractivity contribution is -0.148. The maximum absolute atomic E-state index is 12.2. The summed E-state index contributed by atoms with van der Waals surface area (Å²) in [5.74, 6) is -1.34. The number of aromatic nitrogens is 3. The number of aliphatic carboxylic acids is 1. The molecule has 0 radical (unpaired) electrons. The number of nitrogens with one attached hydrogen (secondary N) is 1. The molecule has 0 unspecified atom stereocenters. The van der Waals surface area contributed by atoms with Crippen LogP contribution < -0.4 is 5.32 Å². The summed E-state index contributed by atoms with van der Waals surface area (Å²) in [5.41, 5.74) is 0. The summed E-state index contributed by atoms with van der Waals surface area (Å²) in [6, 6.07) is -1.16. The maximum atomic E-state index is 12.2. The highest BCUT2D eigenvalue weighted by Crippen LogP contribution is 2.16. The van der Waals surface area contributed by atoms with E-state index >= 15 is 0 Å². The molecule has 0 aliphatic carbocycles. The molecule has 0 aromatic carbocycles. The molecule has 0 saturated heterocycles. The fraction of sp³-hybridized carbons (Fsp3) is 0.556. The molecule has 11 heteroatoms. The second kappa shape index (κ2) is 6.21. The maximum Gasteiger partial charge on any atom is 0.406 e. The van der Waals surface area contributed by atoms with Crippen LogP contribution in [0.15, 0.2) is 6.33 Å². The van der Waals surface area contributed by atoms with Gasteiger partial charge >= 0.3 is 18.2 Å². The van der Waals surface area contributed by atoms with Crippen LogP contribution >= 0.6 is 0 Å². The molecule has 1 rings (SSSR count). The summed E-state index contributed by atoms with van der Waals surface area (Å²) in [7, 11) is 1.58. The lowest BCUT2D eigenvalue weighted by atomic mass is 10.4. The first-order chi connectivity index (χ1) is 9.17. The number of carbonyl (C=O) groups excluding carboxylic acids is 1. The molecule has 0 fully saturated rings. The van der Waals surface area contributed by atoms with Crippen molar-refractivity contribution in [2.75, 3.05) is 13.1 Å². The van der Waals surface area contributed by atoms with Gasteiger partial charge in [0.2, 0.25) is 0 Å². The van der Waals surface area contributed by atoms with Crippen LogP contribution in [-0.2, 0) is 18.4 Å². The van der Waals surface area contributed by atoms with Crippen molar-refractivity contribution in [2.24, 2.45) is 7.05 Å². The average Bonchev–Trinajstić information content (AvgIpc) is 2.68. The van der Waals surface area contributed by atoms with Crippen molar-refractivity contribution in [3.63, 3.8) is 0 Å². The molecule has 0 saturated carbocycles. The lowest BCUT2D eigenvalue weighted by Crippen LogP contribution is -2.46. The number of carboxylic acids is 1. The van der Waals surface area contributed by atoms with Crippen LogP contribution in [0.25, 0.3) is 0 Å². The molecule has 0 aliphatic heterocycles. The van der Waals surface area contributed by atoms with E-state index in [2.05, 4.69) is 15.4 Å². The minimum absolute atomic E-state index is 0.144. The number of aryl methyl sites for hydroxylation is 1. The topological polar surface area (TPSA) is 100 Å². The van der Waals surface area contributed by atoms with Crippen molar-refractivity contribution in [3.8, 4) is 0 Å². The summed E-state index contributed by atoms with van der Waals surface area (Å²) in [6.45, 7) is -2.91. The summed E-state index contributed by atoms with van der Waals surface area (Å²) >= 11 is 0. The fourth-order valence-electron chi connectivity index (χ4n) is 1.31. The van der Waals surface area contributed by atoms with E-state index in [1.165, 1.54) is 11.0 Å². The minimum Gasteiger partial charge on any atom is -0.480 e. The monoisotopic (exact) mass is 295 g/mol. The van der Waals surface area contributed by atoms with Gasteiger partial charge in [0.15, 0.2) is 5.82 Å². The number of halogens is 3. The predicted octanol–water partition coefficient (Wildman–Crippen LogP) is -0.0264. The van der Waals surface area contributed by atoms with Gasteiger partial charge in [0.25, 0.3) is 0 Å². The third-order valence-electron chi connectivity index (χ3n) is 2.03. The Morgan fingerprint density at radius 1 is 1.50 bits per heavy atom. The van der Waals surface area contributed by atoms with Crippen LogP contribution in [-0.4, -0.2) is 56.0 Å². The van der Waals surface area contributed by atoms with Crippen LogP contribution in [0.4, 0.5) is 18.0 Å². The molecule has 0 atom stereocenters. The number of urea groups is 1. The van der Waals surface area contributed by atoms with Gasteiger partial charge in [0, 0.05) is 7.05 Å². The molecular weight excluding hydrogens is 283 g/mol. The summed E-state index contributed by atoms with van der Waals surface area (Å²) in [4.78, 5) is 25.9. The quantitative estimate of drug-likeness (QED) is 0.794. The fourth-order valence-corrected chi connectivity index (χ4v) is 1.31. The van der Waals surface area contributed by atoms with Gasteiger partial charge in [-0.2, -0.15) is 18.3 Å². The van der Waals surface area contributed by atoms with Gasteiger partial charge in [-0.3, -0.25) is 9.48 Å². The highest BCUT2D eigenvalue weighted by Gasteiger charge is 2.34. The Hall–Kier alpha value is -2.33. The zero-order valence-corrected chi connectivity index (χ0v) is 10.4. The van der Waals surface area contributed by atoms with E-state index in [0.717, 1.165) is 0 Å². The Labute approximate surface area is 111 Å². The second-order valence-corrected chi connectivity index (χ2v) is 3.86. The van der Waals surface area contributed by atoms with Crippen molar-refractivity contribution in [1.82, 2.24) is 25.0 Å². The van der Waals surface area contributed by atoms with Crippen molar-refractivity contribution >= 4 is 12.0 Å². The van der Waals surface area contributed by atoms with E-state index in [1.54, 1.807) is 7.05 Å². The largest absolute Gasteiger partial charge is 0.480 e. The highest BCUT2D eigenvalue weighted by atomic mass is 19.4. The van der Waals surface area contributed by atoms with Gasteiger partial charge in [-0.1, -0.05) is 0 Å². The lowest BCUT2D eigenvalue weighted by Gasteiger charge is -2.22. The van der Waals surface area contributed by atoms with Gasteiger partial charge in [-0.15, -0.1) is 0 Å². The summed E-state index contributed by atoms with van der Waals surface area (Å²) in [6.07, 6.45) is -3.33. The third kappa shape index (κ3) is 5.54. The molecule has 8 nitrogen and oxygen atoms in total. The number of amides is 2. The van der Waals surface area contributed by atoms with Crippen LogP contribution in [0.5, 0.6) is 0 Å². The predicted molar refractivity (Wildman–Crippen MR) is 58.5 cm³/mol. The Morgan fingerprint density at radius 2 is 2.15 bits per heavy atom. The summed E-state index contributed by atoms with van der Waals surface area (Å²) < 4.78 is 38.1. The minimum atomic E-state index is -4.68. The number of nitrogens with zero attached hydrogens (tertiary/aromatic N) is 4. The number of rotatable bonds is 5. The van der Waals surface area contributed by atoms with E-state index in [-0.39, 0.29) is 17.3 Å². The normalized spacial score (nSPS) is 11.2. The Kier molecular flexibility index (Phi) is 4.88. The SMILES string of the molecule is Cn1cnc(CNC(=O)N(CC(=O)O)CC(F)(F)F)n1. The van der Waals surface area contributed by atoms with Gasteiger partial charge in [0.1, 0.15) is 19.4 Å². The van der Waals surface area contributed by atoms with Crippen LogP contribution in [0, 0.1) is 0 Å². The first kappa shape index (κ1) is 15.7. The molecule has 2 N–H and O–H groups in total. The molecule has 0 spiro atoms. The zero-order chi connectivity index (χ0) is 15.3. The van der Waals surface area contributed by atoms with Crippen molar-refractivity contribution in [1.29, 1.82) is 0 Å². The highest BCUT2D eigenvalue weighted by molar-refractivity contribution is 5.80. The first-order valence-electron chi connectivity index (χ1n) is 5.33. The second-order valence-electron chi connectivity index (χ2n) is 3.86. The standard InChI is InChI=1S/C9H12F3N5O3/c1-16-5-14-6(15-16)2-13-8(20)17(3-7(18)19)4-9(10,11)12/h5H,2-4H2,1H3,(H,13,20)(H,18,19). The Balaban J connectivity index is 2.60. The number of hydrogen-bond acceptors (Lipinski definition) is 4. The van der Waals surface area contributed by atoms with Crippen LogP contribution in [0.1, 0.15) is 5.82 Å². The van der Waals surface area contributed by atoms with Gasteiger partial charge in [-0.05, 0) is 0 Å². The third-order valence-corrected chi connectivity index (χ3v) is 2.03. The molecule has 20 heavy (non-hydrogen) atoms. The van der Waals surface area contributed by atoms with Crippen molar-refractivity contribution < 1.29 is 27.9 Å². The smallest absolute Gasteiger partial charge is 0.406 e. The molecule has 1 heterocycles. The molecule has 0 bridgehead atoms. The Morgan fingerprint density at radius 3 is 2.60 bits per heavy atom. The van der Waals surface area contributed by atoms with Gasteiger partial charge < -0.3 is 15.3 Å². The number of hydrogen-bond donors (Lipinski definition) is 2. The van der Waals surface area contributed by atoms with E-state index in [9.17, 15) is 22.8 Å². The molecule has 112 valence electrons. The van der Waals surface area contributed by atoms with Gasteiger partial charge in [-0.25, -0.2) is 9.78 Å². The molecule has 1 aromatic heterocycles. The van der Waals surface area contributed by atoms with E-state index in [0.29, 0.717) is 0 Å². The number of carbonyl (C=O) groups is 2. The van der Waals surface area contributed by atoms with E-state index in [4.69, 9.17) is 5.11 Å². The van der Waals surface area contributed by atoms with Crippen LogP contribution in [0.2, 0.25) is 0 Å². The van der Waals surface area contributed by atoms with Crippen LogP contribution in [0.3, 0.4) is 0 Å². The van der Waals surface area contributed by atoms with Crippen molar-refractivity contribution in [3.05, 3.63) is 12.2 Å². The molecule has 1 aromatic rings. The molecule has 0 aliphatic rings. The van der Waals surface area contributed by atoms with Gasteiger partial charge in [0.05, 0.1) is 6.54 Å². The van der Waals surface area contributed by atoms with Crippen molar-refractivity contribution in [2.45, 2.75) is 12.7 Å². The summed E-state index contributed by atoms with van der Waals surface area (Å²) in [5, 5.41) is 14.4. The zero-order valence-electron chi connectivity index (χ0n) is 10.4. The molecule has 2 amide bonds.